The Kier molecular flexibility index (Phi) is 4.72. The quantitative estimate of drug-likeness (QED) is 0.410. The van der Waals surface area contributed by atoms with Crippen molar-refractivity contribution in [3.8, 4) is 0 Å². The van der Waals surface area contributed by atoms with E-state index in [0.29, 0.717) is 19.3 Å². The maximum absolute atomic E-state index is 13.2. The molecule has 0 radical (unpaired) electrons. The first-order valence-electron chi connectivity index (χ1n) is 12.0. The highest BCUT2D eigenvalue weighted by Crippen LogP contribution is 2.65. The second-order valence-corrected chi connectivity index (χ2v) is 11.6. The van der Waals surface area contributed by atoms with Crippen molar-refractivity contribution in [2.75, 3.05) is 0 Å². The normalized spacial score (nSPS) is 47.7. The summed E-state index contributed by atoms with van der Waals surface area (Å²) >= 11 is 0. The lowest BCUT2D eigenvalue weighted by molar-refractivity contribution is -0.162. The van der Waals surface area contributed by atoms with E-state index < -0.39 is 16.8 Å². The number of carbonyl (C=O) groups excluding carboxylic acids is 3. The number of aldehydes is 1. The van der Waals surface area contributed by atoms with Gasteiger partial charge >= 0.3 is 5.97 Å². The highest BCUT2D eigenvalue weighted by atomic mass is 16.6. The Balaban J connectivity index is 1.52. The minimum Gasteiger partial charge on any atom is -0.456 e. The van der Waals surface area contributed by atoms with Crippen LogP contribution in [-0.4, -0.2) is 46.1 Å². The molecule has 2 saturated carbocycles. The van der Waals surface area contributed by atoms with Crippen LogP contribution in [0, 0.1) is 29.1 Å². The highest BCUT2D eigenvalue weighted by Gasteiger charge is 2.71. The average molecular weight is 443 g/mol. The fraction of sp³-hybridized carbons (Fsp3) is 0.731. The first-order valence-corrected chi connectivity index (χ1v) is 12.0. The van der Waals surface area contributed by atoms with E-state index in [-0.39, 0.29) is 53.4 Å². The van der Waals surface area contributed by atoms with Crippen molar-refractivity contribution in [2.24, 2.45) is 29.1 Å². The molecule has 2 heterocycles. The molecule has 1 N–H and O–H groups in total. The van der Waals surface area contributed by atoms with Gasteiger partial charge in [-0.3, -0.25) is 14.4 Å². The zero-order chi connectivity index (χ0) is 23.1. The van der Waals surface area contributed by atoms with Gasteiger partial charge < -0.3 is 14.6 Å². The number of fused-ring (bicyclic) bond motifs is 3. The standard InChI is InChI=1S/C26H34O6/c1-15(6-5-11-27)22-18(28)12-17-16-7-8-19-23(2,3)31-20-13-21(29)32-26(19,20)14-25(16,30)10-9-24(17,22)4/h5-6,11-12,15-16,19-20,22,30H,7-10,13-14H2,1-4H3/b6-5+/t15?,16-,19-,20+,22?,24-,25-,26+/m0/s1. The van der Waals surface area contributed by atoms with Crippen LogP contribution in [0.4, 0.5) is 0 Å². The van der Waals surface area contributed by atoms with Crippen molar-refractivity contribution >= 4 is 18.0 Å². The Labute approximate surface area is 189 Å². The van der Waals surface area contributed by atoms with Crippen molar-refractivity contribution in [3.05, 3.63) is 23.8 Å². The van der Waals surface area contributed by atoms with Gasteiger partial charge in [0.2, 0.25) is 0 Å². The minimum atomic E-state index is -1.04. The number of hydrogen-bond donors (Lipinski definition) is 1. The monoisotopic (exact) mass is 442 g/mol. The molecule has 0 bridgehead atoms. The van der Waals surface area contributed by atoms with Gasteiger partial charge in [0.1, 0.15) is 18.0 Å². The van der Waals surface area contributed by atoms with Crippen molar-refractivity contribution < 1.29 is 29.0 Å². The summed E-state index contributed by atoms with van der Waals surface area (Å²) in [5.74, 6) is -0.580. The minimum absolute atomic E-state index is 0.00952. The van der Waals surface area contributed by atoms with Gasteiger partial charge in [-0.15, -0.1) is 0 Å². The smallest absolute Gasteiger partial charge is 0.309 e. The third-order valence-corrected chi connectivity index (χ3v) is 9.47. The maximum atomic E-state index is 13.2. The lowest BCUT2D eigenvalue weighted by Gasteiger charge is -2.51. The number of carbonyl (C=O) groups is 3. The van der Waals surface area contributed by atoms with E-state index in [0.717, 1.165) is 24.7 Å². The summed E-state index contributed by atoms with van der Waals surface area (Å²) in [5.41, 5.74) is -1.56. The number of esters is 1. The Morgan fingerprint density at radius 3 is 2.66 bits per heavy atom. The van der Waals surface area contributed by atoms with Crippen LogP contribution in [0.2, 0.25) is 0 Å². The molecule has 4 fully saturated rings. The lowest BCUT2D eigenvalue weighted by Crippen LogP contribution is -2.54. The molecule has 32 heavy (non-hydrogen) atoms. The molecule has 0 amide bonds. The van der Waals surface area contributed by atoms with E-state index in [1.54, 1.807) is 6.08 Å². The molecule has 8 atom stereocenters. The number of ketones is 1. The summed E-state index contributed by atoms with van der Waals surface area (Å²) in [6, 6.07) is 0. The Hall–Kier alpha value is -1.79. The predicted molar refractivity (Wildman–Crippen MR) is 116 cm³/mol. The maximum Gasteiger partial charge on any atom is 0.309 e. The number of ether oxygens (including phenoxy) is 2. The van der Waals surface area contributed by atoms with E-state index in [2.05, 4.69) is 20.8 Å². The lowest BCUT2D eigenvalue weighted by atomic mass is 9.55. The molecule has 3 aliphatic carbocycles. The number of rotatable bonds is 3. The SMILES string of the molecule is CC(/C=C/C=O)C1C(=O)C=C2[C@@H]3CC[C@H]4C(C)(C)O[C@@H]5CC(=O)O[C@@]54C[C@@]3(O)CC[C@@]21C. The fourth-order valence-corrected chi connectivity index (χ4v) is 8.24. The molecule has 2 saturated heterocycles. The molecule has 174 valence electrons. The second kappa shape index (κ2) is 6.86. The molecular formula is C26H34O6. The Bertz CT molecular complexity index is 933. The Morgan fingerprint density at radius 1 is 1.19 bits per heavy atom. The van der Waals surface area contributed by atoms with Crippen LogP contribution in [0.5, 0.6) is 0 Å². The van der Waals surface area contributed by atoms with Crippen LogP contribution in [0.15, 0.2) is 23.8 Å². The van der Waals surface area contributed by atoms with Crippen LogP contribution in [0.3, 0.4) is 0 Å². The summed E-state index contributed by atoms with van der Waals surface area (Å²) in [7, 11) is 0. The van der Waals surface area contributed by atoms with Crippen molar-refractivity contribution in [1.82, 2.24) is 0 Å². The van der Waals surface area contributed by atoms with Gasteiger partial charge in [-0.2, -0.15) is 0 Å². The van der Waals surface area contributed by atoms with Gasteiger partial charge in [0.25, 0.3) is 0 Å². The van der Waals surface area contributed by atoms with Gasteiger partial charge in [0.15, 0.2) is 5.78 Å². The number of allylic oxidation sites excluding steroid dienone is 3. The van der Waals surface area contributed by atoms with Crippen LogP contribution >= 0.6 is 0 Å². The molecule has 5 rings (SSSR count). The van der Waals surface area contributed by atoms with E-state index in [4.69, 9.17) is 9.47 Å². The molecule has 0 aromatic carbocycles. The van der Waals surface area contributed by atoms with E-state index in [1.807, 2.05) is 13.0 Å². The third-order valence-electron chi connectivity index (χ3n) is 9.47. The molecule has 5 aliphatic rings. The van der Waals surface area contributed by atoms with Crippen molar-refractivity contribution in [1.29, 1.82) is 0 Å². The molecule has 1 spiro atoms. The average Bonchev–Trinajstić information content (AvgIpc) is 3.15. The van der Waals surface area contributed by atoms with Crippen molar-refractivity contribution in [2.45, 2.75) is 89.1 Å². The summed E-state index contributed by atoms with van der Waals surface area (Å²) in [4.78, 5) is 36.3. The number of aliphatic hydroxyl groups is 1. The highest BCUT2D eigenvalue weighted by molar-refractivity contribution is 5.97. The summed E-state index contributed by atoms with van der Waals surface area (Å²) in [5, 5.41) is 12.1. The predicted octanol–water partition coefficient (Wildman–Crippen LogP) is 3.31. The van der Waals surface area contributed by atoms with Gasteiger partial charge in [0, 0.05) is 24.2 Å². The summed E-state index contributed by atoms with van der Waals surface area (Å²) in [6.45, 7) is 8.26. The van der Waals surface area contributed by atoms with Gasteiger partial charge in [-0.25, -0.2) is 0 Å². The summed E-state index contributed by atoms with van der Waals surface area (Å²) in [6.07, 6.45) is 8.84. The van der Waals surface area contributed by atoms with E-state index in [1.165, 1.54) is 6.08 Å². The van der Waals surface area contributed by atoms with Crippen molar-refractivity contribution in [3.63, 3.8) is 0 Å². The largest absolute Gasteiger partial charge is 0.456 e. The van der Waals surface area contributed by atoms with E-state index in [9.17, 15) is 19.5 Å². The van der Waals surface area contributed by atoms with Gasteiger partial charge in [-0.1, -0.05) is 25.5 Å². The third kappa shape index (κ3) is 2.81. The topological polar surface area (TPSA) is 89.9 Å². The molecule has 0 aromatic rings. The first kappa shape index (κ1) is 22.0. The van der Waals surface area contributed by atoms with E-state index >= 15 is 0 Å². The Morgan fingerprint density at radius 2 is 1.94 bits per heavy atom. The van der Waals surface area contributed by atoms with Crippen LogP contribution in [0.1, 0.15) is 66.2 Å². The van der Waals surface area contributed by atoms with Crippen LogP contribution in [-0.2, 0) is 23.9 Å². The van der Waals surface area contributed by atoms with Crippen LogP contribution < -0.4 is 0 Å². The zero-order valence-electron chi connectivity index (χ0n) is 19.4. The molecular weight excluding hydrogens is 408 g/mol. The van der Waals surface area contributed by atoms with Gasteiger partial charge in [0.05, 0.1) is 17.6 Å². The molecule has 2 aliphatic heterocycles. The van der Waals surface area contributed by atoms with Gasteiger partial charge in [-0.05, 0) is 63.0 Å². The fourth-order valence-electron chi connectivity index (χ4n) is 8.24. The second-order valence-electron chi connectivity index (χ2n) is 11.6. The molecule has 6 nitrogen and oxygen atoms in total. The molecule has 2 unspecified atom stereocenters. The number of hydrogen-bond acceptors (Lipinski definition) is 6. The molecule has 6 heteroatoms. The van der Waals surface area contributed by atoms with Crippen LogP contribution in [0.25, 0.3) is 0 Å². The summed E-state index contributed by atoms with van der Waals surface area (Å²) < 4.78 is 12.3. The molecule has 0 aromatic heterocycles. The zero-order valence-corrected chi connectivity index (χ0v) is 19.4. The first-order chi connectivity index (χ1) is 15.0.